The van der Waals surface area contributed by atoms with E-state index in [0.717, 1.165) is 6.42 Å². The van der Waals surface area contributed by atoms with Crippen LogP contribution in [0.1, 0.15) is 74.3 Å². The van der Waals surface area contributed by atoms with E-state index in [1.165, 1.54) is 45.5 Å². The molecule has 2 atom stereocenters. The molecule has 2 bridgehead atoms. The Hall–Kier alpha value is -2.02. The maximum Gasteiger partial charge on any atom is 0.0419 e. The van der Waals surface area contributed by atoms with Crippen LogP contribution >= 0.6 is 0 Å². The van der Waals surface area contributed by atoms with Crippen molar-refractivity contribution in [1.82, 2.24) is 0 Å². The third kappa shape index (κ3) is 2.69. The number of rotatable bonds is 0. The van der Waals surface area contributed by atoms with Gasteiger partial charge in [0.15, 0.2) is 0 Å². The fourth-order valence-electron chi connectivity index (χ4n) is 4.92. The molecule has 0 saturated carbocycles. The fourth-order valence-corrected chi connectivity index (χ4v) is 4.92. The van der Waals surface area contributed by atoms with Gasteiger partial charge in [0.05, 0.1) is 0 Å². The van der Waals surface area contributed by atoms with Gasteiger partial charge in [-0.25, -0.2) is 0 Å². The van der Waals surface area contributed by atoms with Gasteiger partial charge in [0, 0.05) is 23.2 Å². The van der Waals surface area contributed by atoms with Gasteiger partial charge in [-0.3, -0.25) is 0 Å². The molecule has 1 aliphatic carbocycles. The molecular weight excluding hydrogens is 314 g/mol. The highest BCUT2D eigenvalue weighted by Crippen LogP contribution is 2.49. The summed E-state index contributed by atoms with van der Waals surface area (Å²) < 4.78 is 0. The van der Waals surface area contributed by atoms with Crippen molar-refractivity contribution in [2.75, 3.05) is 5.32 Å². The zero-order valence-electron chi connectivity index (χ0n) is 17.0. The Labute approximate surface area is 158 Å². The van der Waals surface area contributed by atoms with Crippen LogP contribution in [0.3, 0.4) is 0 Å². The number of nitrogens with one attached hydrogen (secondary N) is 1. The molecule has 4 rings (SSSR count). The van der Waals surface area contributed by atoms with Crippen LogP contribution in [0.4, 0.5) is 5.69 Å². The Kier molecular flexibility index (Phi) is 4.02. The van der Waals surface area contributed by atoms with Crippen LogP contribution in [0, 0.1) is 19.3 Å². The summed E-state index contributed by atoms with van der Waals surface area (Å²) in [5, 5.41) is 3.97. The second-order valence-electron chi connectivity index (χ2n) is 9.31. The lowest BCUT2D eigenvalue weighted by molar-refractivity contribution is 0.292. The Bertz CT molecular complexity index is 895. The molecule has 2 aliphatic rings. The molecule has 2 aromatic carbocycles. The van der Waals surface area contributed by atoms with Crippen LogP contribution in [0.2, 0.25) is 0 Å². The third-order valence-electron chi connectivity index (χ3n) is 6.53. The molecule has 136 valence electrons. The third-order valence-corrected chi connectivity index (χ3v) is 6.53. The SMILES string of the molecule is CC1=C2CCC(c3cc(C)c(C)cc31)C(C(C)(C)C)Nc1ccccc12. The van der Waals surface area contributed by atoms with Crippen LogP contribution < -0.4 is 5.32 Å². The maximum atomic E-state index is 3.97. The summed E-state index contributed by atoms with van der Waals surface area (Å²) in [6.45, 7) is 14.0. The van der Waals surface area contributed by atoms with Gasteiger partial charge in [-0.2, -0.15) is 0 Å². The van der Waals surface area contributed by atoms with Crippen molar-refractivity contribution in [1.29, 1.82) is 0 Å². The number of hydrogen-bond acceptors (Lipinski definition) is 1. The lowest BCUT2D eigenvalue weighted by Crippen LogP contribution is -2.40. The molecule has 0 radical (unpaired) electrons. The van der Waals surface area contributed by atoms with Crippen LogP contribution in [0.25, 0.3) is 11.1 Å². The molecule has 0 saturated heterocycles. The summed E-state index contributed by atoms with van der Waals surface area (Å²) >= 11 is 0. The van der Waals surface area contributed by atoms with Gasteiger partial charge < -0.3 is 5.32 Å². The van der Waals surface area contributed by atoms with E-state index in [-0.39, 0.29) is 5.41 Å². The highest BCUT2D eigenvalue weighted by molar-refractivity contribution is 5.95. The monoisotopic (exact) mass is 345 g/mol. The van der Waals surface area contributed by atoms with Gasteiger partial charge in [0.2, 0.25) is 0 Å². The maximum absolute atomic E-state index is 3.97. The number of benzene rings is 2. The van der Waals surface area contributed by atoms with Gasteiger partial charge in [-0.1, -0.05) is 51.1 Å². The second-order valence-corrected chi connectivity index (χ2v) is 9.31. The van der Waals surface area contributed by atoms with Gasteiger partial charge >= 0.3 is 0 Å². The first-order chi connectivity index (χ1) is 12.3. The van der Waals surface area contributed by atoms with E-state index in [1.807, 2.05) is 0 Å². The Morgan fingerprint density at radius 1 is 0.923 bits per heavy atom. The van der Waals surface area contributed by atoms with Crippen molar-refractivity contribution in [3.05, 3.63) is 64.2 Å². The number of anilines is 1. The van der Waals surface area contributed by atoms with Crippen LogP contribution in [-0.4, -0.2) is 6.04 Å². The minimum atomic E-state index is 0.184. The summed E-state index contributed by atoms with van der Waals surface area (Å²) in [4.78, 5) is 0. The van der Waals surface area contributed by atoms with Crippen LogP contribution in [0.5, 0.6) is 0 Å². The van der Waals surface area contributed by atoms with E-state index >= 15 is 0 Å². The van der Waals surface area contributed by atoms with Gasteiger partial charge in [0.1, 0.15) is 0 Å². The molecule has 1 heterocycles. The summed E-state index contributed by atoms with van der Waals surface area (Å²) in [6.07, 6.45) is 2.37. The smallest absolute Gasteiger partial charge is 0.0419 e. The first-order valence-electron chi connectivity index (χ1n) is 9.94. The highest BCUT2D eigenvalue weighted by atomic mass is 15.0. The Morgan fingerprint density at radius 2 is 1.62 bits per heavy atom. The van der Waals surface area contributed by atoms with Crippen molar-refractivity contribution in [2.45, 2.75) is 66.3 Å². The van der Waals surface area contributed by atoms with Crippen LogP contribution in [-0.2, 0) is 0 Å². The predicted octanol–water partition coefficient (Wildman–Crippen LogP) is 6.95. The molecule has 1 nitrogen and oxygen atoms in total. The standard InChI is InChI=1S/C25H31N/c1-15-13-21-17(3)18-11-12-20(22(21)14-16(15)2)24(25(4,5)6)26-23-10-8-7-9-19(18)23/h7-10,13-14,20,24,26H,11-12H2,1-6H3. The second kappa shape index (κ2) is 6.01. The zero-order valence-corrected chi connectivity index (χ0v) is 17.0. The van der Waals surface area contributed by atoms with Crippen molar-refractivity contribution in [3.63, 3.8) is 0 Å². The van der Waals surface area contributed by atoms with Crippen molar-refractivity contribution in [2.24, 2.45) is 5.41 Å². The number of fused-ring (bicyclic) bond motifs is 7. The zero-order chi connectivity index (χ0) is 18.6. The van der Waals surface area contributed by atoms with E-state index in [4.69, 9.17) is 0 Å². The Balaban J connectivity index is 2.06. The molecule has 1 N–H and O–H groups in total. The number of para-hydroxylation sites is 1. The lowest BCUT2D eigenvalue weighted by Gasteiger charge is -2.40. The summed E-state index contributed by atoms with van der Waals surface area (Å²) in [7, 11) is 0. The molecule has 0 spiro atoms. The minimum absolute atomic E-state index is 0.184. The molecule has 0 aromatic heterocycles. The quantitative estimate of drug-likeness (QED) is 0.544. The highest BCUT2D eigenvalue weighted by Gasteiger charge is 2.38. The Morgan fingerprint density at radius 3 is 2.35 bits per heavy atom. The molecule has 26 heavy (non-hydrogen) atoms. The van der Waals surface area contributed by atoms with E-state index in [0.29, 0.717) is 12.0 Å². The normalized spacial score (nSPS) is 22.1. The summed E-state index contributed by atoms with van der Waals surface area (Å²) in [6, 6.07) is 14.2. The summed E-state index contributed by atoms with van der Waals surface area (Å²) in [5.74, 6) is 0.533. The fraction of sp³-hybridized carbons (Fsp3) is 0.440. The molecule has 2 unspecified atom stereocenters. The van der Waals surface area contributed by atoms with E-state index in [1.54, 1.807) is 5.56 Å². The molecular formula is C25H31N. The minimum Gasteiger partial charge on any atom is -0.381 e. The van der Waals surface area contributed by atoms with Crippen LogP contribution in [0.15, 0.2) is 36.4 Å². The lowest BCUT2D eigenvalue weighted by atomic mass is 9.72. The molecule has 2 aromatic rings. The molecule has 0 amide bonds. The molecule has 1 heteroatoms. The number of aryl methyl sites for hydroxylation is 2. The molecule has 1 aliphatic heterocycles. The van der Waals surface area contributed by atoms with Crippen molar-refractivity contribution < 1.29 is 0 Å². The first-order valence-corrected chi connectivity index (χ1v) is 9.94. The number of hydrogen-bond donors (Lipinski definition) is 1. The van der Waals surface area contributed by atoms with Gasteiger partial charge in [0.25, 0.3) is 0 Å². The number of allylic oxidation sites excluding steroid dienone is 2. The molecule has 0 fully saturated rings. The van der Waals surface area contributed by atoms with Crippen molar-refractivity contribution in [3.8, 4) is 0 Å². The van der Waals surface area contributed by atoms with E-state index in [2.05, 4.69) is 83.3 Å². The largest absolute Gasteiger partial charge is 0.381 e. The predicted molar refractivity (Wildman–Crippen MR) is 114 cm³/mol. The van der Waals surface area contributed by atoms with Crippen molar-refractivity contribution >= 4 is 16.8 Å². The average Bonchev–Trinajstić information content (AvgIpc) is 2.66. The topological polar surface area (TPSA) is 12.0 Å². The summed E-state index contributed by atoms with van der Waals surface area (Å²) in [5.41, 5.74) is 11.7. The van der Waals surface area contributed by atoms with Gasteiger partial charge in [-0.05, 0) is 78.5 Å². The van der Waals surface area contributed by atoms with Gasteiger partial charge in [-0.15, -0.1) is 0 Å². The first kappa shape index (κ1) is 17.4. The van der Waals surface area contributed by atoms with E-state index in [9.17, 15) is 0 Å². The average molecular weight is 346 g/mol. The van der Waals surface area contributed by atoms with E-state index < -0.39 is 0 Å².